The maximum atomic E-state index is 10.0. The van der Waals surface area contributed by atoms with Crippen molar-refractivity contribution in [3.8, 4) is 0 Å². The van der Waals surface area contributed by atoms with Crippen molar-refractivity contribution in [1.82, 2.24) is 0 Å². The van der Waals surface area contributed by atoms with Crippen molar-refractivity contribution >= 4 is 5.97 Å². The molecule has 0 aliphatic carbocycles. The summed E-state index contributed by atoms with van der Waals surface area (Å²) < 4.78 is 9.13. The lowest BCUT2D eigenvalue weighted by atomic mass is 10.7. The number of ether oxygens (including phenoxy) is 2. The van der Waals surface area contributed by atoms with E-state index < -0.39 is 0 Å². The Morgan fingerprint density at radius 3 is 2.18 bits per heavy atom. The van der Waals surface area contributed by atoms with Crippen LogP contribution < -0.4 is 0 Å². The smallest absolute Gasteiger partial charge is 0.302 e. The van der Waals surface area contributed by atoms with Crippen molar-refractivity contribution in [2.24, 2.45) is 0 Å². The number of hydrogen-bond donors (Lipinski definition) is 1. The van der Waals surface area contributed by atoms with Crippen LogP contribution in [0, 0.1) is 0 Å². The van der Waals surface area contributed by atoms with Gasteiger partial charge in [0.1, 0.15) is 6.61 Å². The lowest BCUT2D eigenvalue weighted by molar-refractivity contribution is -0.142. The van der Waals surface area contributed by atoms with Crippen LogP contribution in [0.2, 0.25) is 0 Å². The molecule has 68 valence electrons. The highest BCUT2D eigenvalue weighted by atomic mass is 16.6. The first-order valence-electron chi connectivity index (χ1n) is 3.42. The Morgan fingerprint density at radius 2 is 1.91 bits per heavy atom. The molecule has 0 spiro atoms. The van der Waals surface area contributed by atoms with Crippen LogP contribution in [-0.4, -0.2) is 38.0 Å². The summed E-state index contributed by atoms with van der Waals surface area (Å²) >= 11 is 0. The largest absolute Gasteiger partial charge is 0.463 e. The highest BCUT2D eigenvalue weighted by Crippen LogP contribution is 1.74. The Kier molecular flexibility index (Phi) is 14.3. The van der Waals surface area contributed by atoms with E-state index in [0.29, 0.717) is 13.2 Å². The molecule has 0 aliphatic rings. The minimum absolute atomic E-state index is 0.250. The fraction of sp³-hybridized carbons (Fsp3) is 0.857. The molecular formula is C7H16O4. The van der Waals surface area contributed by atoms with Gasteiger partial charge in [0.25, 0.3) is 0 Å². The number of aliphatic hydroxyl groups excluding tert-OH is 1. The number of methoxy groups -OCH3 is 1. The molecule has 1 N–H and O–H groups in total. The standard InChI is InChI=1S/C5H10O3.C2H6O/c1-5(6)8-4-3-7-2;1-2-3/h3-4H2,1-2H3;3H,2H2,1H3. The number of aliphatic hydroxyl groups is 1. The Morgan fingerprint density at radius 1 is 1.45 bits per heavy atom. The molecule has 0 radical (unpaired) electrons. The normalized spacial score (nSPS) is 8.00. The molecule has 0 heterocycles. The maximum Gasteiger partial charge on any atom is 0.302 e. The summed E-state index contributed by atoms with van der Waals surface area (Å²) in [5, 5.41) is 7.57. The molecule has 0 fully saturated rings. The number of rotatable bonds is 3. The summed E-state index contributed by atoms with van der Waals surface area (Å²) in [5.74, 6) is -0.262. The van der Waals surface area contributed by atoms with Crippen LogP contribution in [0.3, 0.4) is 0 Å². The number of carbonyl (C=O) groups is 1. The van der Waals surface area contributed by atoms with Crippen LogP contribution in [0.25, 0.3) is 0 Å². The number of hydrogen-bond acceptors (Lipinski definition) is 4. The summed E-state index contributed by atoms with van der Waals surface area (Å²) in [5.41, 5.74) is 0. The highest BCUT2D eigenvalue weighted by molar-refractivity contribution is 5.65. The quantitative estimate of drug-likeness (QED) is 0.478. The molecule has 0 rings (SSSR count). The van der Waals surface area contributed by atoms with E-state index in [4.69, 9.17) is 5.11 Å². The lowest BCUT2D eigenvalue weighted by Gasteiger charge is -1.97. The van der Waals surface area contributed by atoms with Crippen LogP contribution >= 0.6 is 0 Å². The van der Waals surface area contributed by atoms with Crippen molar-refractivity contribution in [2.45, 2.75) is 13.8 Å². The summed E-state index contributed by atoms with van der Waals surface area (Å²) in [6, 6.07) is 0. The van der Waals surface area contributed by atoms with E-state index >= 15 is 0 Å². The minimum atomic E-state index is -0.262. The van der Waals surface area contributed by atoms with Crippen molar-refractivity contribution in [2.75, 3.05) is 26.9 Å². The molecule has 4 heteroatoms. The lowest BCUT2D eigenvalue weighted by Crippen LogP contribution is -2.05. The Bertz CT molecular complexity index is 82.5. The molecule has 4 nitrogen and oxygen atoms in total. The molecule has 0 bridgehead atoms. The molecule has 0 amide bonds. The van der Waals surface area contributed by atoms with E-state index in [2.05, 4.69) is 9.47 Å². The van der Waals surface area contributed by atoms with E-state index in [-0.39, 0.29) is 12.6 Å². The van der Waals surface area contributed by atoms with Crippen LogP contribution in [-0.2, 0) is 14.3 Å². The SMILES string of the molecule is CCO.COCCOC(C)=O. The van der Waals surface area contributed by atoms with Gasteiger partial charge in [0.15, 0.2) is 0 Å². The second kappa shape index (κ2) is 12.1. The first-order valence-corrected chi connectivity index (χ1v) is 3.42. The van der Waals surface area contributed by atoms with Gasteiger partial charge in [-0.05, 0) is 6.92 Å². The number of carbonyl (C=O) groups excluding carboxylic acids is 1. The summed E-state index contributed by atoms with van der Waals surface area (Å²) in [6.45, 7) is 4.13. The molecule has 0 atom stereocenters. The molecule has 0 aromatic carbocycles. The molecule has 0 saturated heterocycles. The van der Waals surface area contributed by atoms with Gasteiger partial charge in [-0.25, -0.2) is 0 Å². The Balaban J connectivity index is 0. The minimum Gasteiger partial charge on any atom is -0.463 e. The van der Waals surface area contributed by atoms with Gasteiger partial charge in [-0.1, -0.05) is 0 Å². The van der Waals surface area contributed by atoms with Crippen molar-refractivity contribution < 1.29 is 19.4 Å². The third-order valence-corrected chi connectivity index (χ3v) is 0.593. The van der Waals surface area contributed by atoms with E-state index in [0.717, 1.165) is 0 Å². The van der Waals surface area contributed by atoms with Crippen molar-refractivity contribution in [3.05, 3.63) is 0 Å². The van der Waals surface area contributed by atoms with Crippen LogP contribution in [0.5, 0.6) is 0 Å². The third kappa shape index (κ3) is 26.6. The first-order chi connectivity index (χ1) is 5.18. The summed E-state index contributed by atoms with van der Waals surface area (Å²) in [4.78, 5) is 10.0. The Hall–Kier alpha value is -0.610. The topological polar surface area (TPSA) is 55.8 Å². The third-order valence-electron chi connectivity index (χ3n) is 0.593. The first kappa shape index (κ1) is 13.0. The van der Waals surface area contributed by atoms with Gasteiger partial charge in [0.05, 0.1) is 6.61 Å². The van der Waals surface area contributed by atoms with Crippen molar-refractivity contribution in [3.63, 3.8) is 0 Å². The molecular weight excluding hydrogens is 148 g/mol. The molecule has 11 heavy (non-hydrogen) atoms. The van der Waals surface area contributed by atoms with Gasteiger partial charge in [-0.15, -0.1) is 0 Å². The molecule has 0 saturated carbocycles. The van der Waals surface area contributed by atoms with Gasteiger partial charge in [0.2, 0.25) is 0 Å². The zero-order valence-electron chi connectivity index (χ0n) is 7.29. The van der Waals surface area contributed by atoms with E-state index in [9.17, 15) is 4.79 Å². The molecule has 0 aromatic rings. The van der Waals surface area contributed by atoms with Gasteiger partial charge in [-0.3, -0.25) is 4.79 Å². The summed E-state index contributed by atoms with van der Waals surface area (Å²) in [6.07, 6.45) is 0. The van der Waals surface area contributed by atoms with E-state index in [1.165, 1.54) is 6.92 Å². The molecule has 0 aliphatic heterocycles. The zero-order valence-corrected chi connectivity index (χ0v) is 7.29. The van der Waals surface area contributed by atoms with E-state index in [1.807, 2.05) is 0 Å². The number of esters is 1. The van der Waals surface area contributed by atoms with Gasteiger partial charge >= 0.3 is 5.97 Å². The maximum absolute atomic E-state index is 10.0. The predicted molar refractivity (Wildman–Crippen MR) is 41.3 cm³/mol. The van der Waals surface area contributed by atoms with Gasteiger partial charge < -0.3 is 14.6 Å². The highest BCUT2D eigenvalue weighted by Gasteiger charge is 1.88. The molecule has 0 aromatic heterocycles. The van der Waals surface area contributed by atoms with Crippen LogP contribution in [0.1, 0.15) is 13.8 Å². The predicted octanol–water partition coefficient (Wildman–Crippen LogP) is 0.194. The fourth-order valence-corrected chi connectivity index (χ4v) is 0.269. The zero-order chi connectivity index (χ0) is 9.11. The van der Waals surface area contributed by atoms with Gasteiger partial charge in [0, 0.05) is 20.6 Å². The fourth-order valence-electron chi connectivity index (χ4n) is 0.269. The van der Waals surface area contributed by atoms with Crippen LogP contribution in [0.4, 0.5) is 0 Å². The molecule has 0 unspecified atom stereocenters. The average Bonchev–Trinajstić information content (AvgIpc) is 1.89. The van der Waals surface area contributed by atoms with E-state index in [1.54, 1.807) is 14.0 Å². The van der Waals surface area contributed by atoms with Crippen molar-refractivity contribution in [1.29, 1.82) is 0 Å². The van der Waals surface area contributed by atoms with Crippen LogP contribution in [0.15, 0.2) is 0 Å². The monoisotopic (exact) mass is 164 g/mol. The Labute approximate surface area is 67.1 Å². The summed E-state index contributed by atoms with van der Waals surface area (Å²) in [7, 11) is 1.56. The average molecular weight is 164 g/mol. The second-order valence-corrected chi connectivity index (χ2v) is 1.65. The van der Waals surface area contributed by atoms with Gasteiger partial charge in [-0.2, -0.15) is 0 Å². The second-order valence-electron chi connectivity index (χ2n) is 1.65.